The van der Waals surface area contributed by atoms with Crippen LogP contribution in [0.3, 0.4) is 0 Å². The molecule has 0 amide bonds. The molecule has 0 heterocycles. The van der Waals surface area contributed by atoms with Crippen LogP contribution in [-0.4, -0.2) is 0 Å². The standard InChI is InChI=1S/C72H63NO/c1-5-51(59-22-20-58-21-23-60(58)47-59)46-50(4)53-30-41-66(42-31-53)74-67-43-34-62(35-44-67)72(61-32-24-52(25-33-61)49(2)3)70-19-13-12-18-68(70)69-45-40-65(48-71(69)72)73(63-36-26-56(27-37-63)54-14-8-6-9-15-54)64-38-28-57(29-39-64)55-16-10-7-11-17-55/h6-20,22,24-45,47-51H,5,21,23,46H2,1-4H3. The van der Waals surface area contributed by atoms with Gasteiger partial charge in [-0.15, -0.1) is 0 Å². The van der Waals surface area contributed by atoms with E-state index < -0.39 is 5.41 Å². The van der Waals surface area contributed by atoms with Gasteiger partial charge in [0.05, 0.1) is 5.41 Å². The monoisotopic (exact) mass is 957 g/mol. The van der Waals surface area contributed by atoms with Crippen molar-refractivity contribution in [3.05, 3.63) is 293 Å². The lowest BCUT2D eigenvalue weighted by Crippen LogP contribution is -2.29. The van der Waals surface area contributed by atoms with Gasteiger partial charge < -0.3 is 9.64 Å². The van der Waals surface area contributed by atoms with Gasteiger partial charge in [-0.25, -0.2) is 0 Å². The lowest BCUT2D eigenvalue weighted by molar-refractivity contribution is 0.481. The molecule has 3 atom stereocenters. The molecule has 2 nitrogen and oxygen atoms in total. The van der Waals surface area contributed by atoms with Crippen molar-refractivity contribution in [3.63, 3.8) is 0 Å². The Morgan fingerprint density at radius 2 is 0.905 bits per heavy atom. The average molecular weight is 958 g/mol. The van der Waals surface area contributed by atoms with Gasteiger partial charge in [-0.2, -0.15) is 0 Å². The van der Waals surface area contributed by atoms with Gasteiger partial charge in [0, 0.05) is 17.1 Å². The van der Waals surface area contributed by atoms with Crippen molar-refractivity contribution in [2.45, 2.75) is 76.5 Å². The quantitative estimate of drug-likeness (QED) is 0.102. The highest BCUT2D eigenvalue weighted by Crippen LogP contribution is 2.57. The summed E-state index contributed by atoms with van der Waals surface area (Å²) < 4.78 is 6.67. The number of ether oxygens (including phenoxy) is 1. The molecule has 0 fully saturated rings. The molecule has 0 aromatic heterocycles. The maximum Gasteiger partial charge on any atom is 0.127 e. The van der Waals surface area contributed by atoms with Gasteiger partial charge in [0.2, 0.25) is 0 Å². The summed E-state index contributed by atoms with van der Waals surface area (Å²) in [5.74, 6) is 3.07. The van der Waals surface area contributed by atoms with E-state index in [1.54, 1.807) is 5.56 Å². The van der Waals surface area contributed by atoms with E-state index >= 15 is 0 Å². The van der Waals surface area contributed by atoms with Crippen LogP contribution in [0, 0.1) is 0 Å². The molecule has 0 saturated carbocycles. The maximum absolute atomic E-state index is 6.67. The molecule has 0 N–H and O–H groups in total. The Balaban J connectivity index is 0.918. The van der Waals surface area contributed by atoms with Crippen LogP contribution in [0.15, 0.2) is 243 Å². The molecule has 0 radical (unpaired) electrons. The van der Waals surface area contributed by atoms with Crippen molar-refractivity contribution in [2.24, 2.45) is 0 Å². The summed E-state index contributed by atoms with van der Waals surface area (Å²) in [7, 11) is 0. The van der Waals surface area contributed by atoms with E-state index in [9.17, 15) is 0 Å². The molecule has 0 saturated heterocycles. The molecule has 2 aliphatic carbocycles. The molecular weight excluding hydrogens is 895 g/mol. The second kappa shape index (κ2) is 20.0. The fraction of sp³-hybridized carbons (Fsp3) is 0.167. The number of aryl methyl sites for hydroxylation is 2. The summed E-state index contributed by atoms with van der Waals surface area (Å²) in [4.78, 5) is 2.41. The third-order valence-electron chi connectivity index (χ3n) is 16.2. The molecule has 74 heavy (non-hydrogen) atoms. The Morgan fingerprint density at radius 1 is 0.419 bits per heavy atom. The normalized spacial score (nSPS) is 15.1. The number of nitrogens with zero attached hydrogens (tertiary/aromatic N) is 1. The van der Waals surface area contributed by atoms with Crippen molar-refractivity contribution in [3.8, 4) is 44.9 Å². The van der Waals surface area contributed by atoms with Crippen molar-refractivity contribution in [2.75, 3.05) is 4.90 Å². The van der Waals surface area contributed by atoms with E-state index in [1.165, 1.54) is 90.7 Å². The van der Waals surface area contributed by atoms with Crippen molar-refractivity contribution >= 4 is 17.1 Å². The predicted molar refractivity (Wildman–Crippen MR) is 310 cm³/mol. The highest BCUT2D eigenvalue weighted by atomic mass is 16.5. The first-order valence-corrected chi connectivity index (χ1v) is 26.8. The molecular formula is C72H63NO. The molecule has 0 spiro atoms. The number of rotatable bonds is 15. The molecule has 0 bridgehead atoms. The average Bonchev–Trinajstić information content (AvgIpc) is 3.75. The third kappa shape index (κ3) is 8.73. The topological polar surface area (TPSA) is 12.5 Å². The Morgan fingerprint density at radius 3 is 1.46 bits per heavy atom. The van der Waals surface area contributed by atoms with Crippen LogP contribution in [0.5, 0.6) is 11.5 Å². The summed E-state index contributed by atoms with van der Waals surface area (Å²) in [6, 6.07) is 89.8. The first kappa shape index (κ1) is 46.8. The number of hydrogen-bond donors (Lipinski definition) is 0. The molecule has 10 aromatic rings. The van der Waals surface area contributed by atoms with Gasteiger partial charge in [0.15, 0.2) is 0 Å². The minimum absolute atomic E-state index is 0.414. The van der Waals surface area contributed by atoms with Crippen LogP contribution in [-0.2, 0) is 18.3 Å². The predicted octanol–water partition coefficient (Wildman–Crippen LogP) is 19.6. The maximum atomic E-state index is 6.67. The smallest absolute Gasteiger partial charge is 0.127 e. The number of benzene rings is 10. The molecule has 362 valence electrons. The van der Waals surface area contributed by atoms with Crippen LogP contribution >= 0.6 is 0 Å². The van der Waals surface area contributed by atoms with E-state index in [0.29, 0.717) is 17.8 Å². The molecule has 3 unspecified atom stereocenters. The zero-order valence-corrected chi connectivity index (χ0v) is 43.0. The Kier molecular flexibility index (Phi) is 12.7. The lowest BCUT2D eigenvalue weighted by Gasteiger charge is -2.35. The SMILES string of the molecule is CCC(CC(C)c1ccc(Oc2ccc(C3(c4ccc(C(C)C)cc4)c4ccccc4-c4ccc(N(c5ccc(-c6ccccc6)cc5)c5ccc(-c6ccccc6)cc5)cc43)cc2)cc1)c1ccc2c(c1)CC2. The van der Waals surface area contributed by atoms with E-state index in [0.717, 1.165) is 41.4 Å². The van der Waals surface area contributed by atoms with Crippen molar-refractivity contribution < 1.29 is 4.74 Å². The molecule has 10 aromatic carbocycles. The largest absolute Gasteiger partial charge is 0.457 e. The molecule has 12 rings (SSSR count). The van der Waals surface area contributed by atoms with Crippen molar-refractivity contribution in [1.82, 2.24) is 0 Å². The summed E-state index contributed by atoms with van der Waals surface area (Å²) in [6.07, 6.45) is 4.74. The molecule has 2 aliphatic rings. The number of hydrogen-bond acceptors (Lipinski definition) is 2. The zero-order valence-electron chi connectivity index (χ0n) is 43.0. The summed E-state index contributed by atoms with van der Waals surface area (Å²) in [5.41, 5.74) is 22.2. The summed E-state index contributed by atoms with van der Waals surface area (Å²) in [6.45, 7) is 9.25. The Bertz CT molecular complexity index is 3460. The Labute approximate surface area is 438 Å². The second-order valence-electron chi connectivity index (χ2n) is 20.9. The highest BCUT2D eigenvalue weighted by molar-refractivity contribution is 5.90. The minimum atomic E-state index is -0.620. The third-order valence-corrected chi connectivity index (χ3v) is 16.2. The van der Waals surface area contributed by atoms with Crippen LogP contribution in [0.4, 0.5) is 17.1 Å². The first-order valence-electron chi connectivity index (χ1n) is 26.8. The second-order valence-corrected chi connectivity index (χ2v) is 20.9. The van der Waals surface area contributed by atoms with Crippen LogP contribution in [0.1, 0.15) is 108 Å². The fourth-order valence-electron chi connectivity index (χ4n) is 12.0. The fourth-order valence-corrected chi connectivity index (χ4v) is 12.0. The number of anilines is 3. The van der Waals surface area contributed by atoms with E-state index in [1.807, 2.05) is 0 Å². The van der Waals surface area contributed by atoms with E-state index in [4.69, 9.17) is 4.74 Å². The Hall–Kier alpha value is -8.20. The van der Waals surface area contributed by atoms with Gasteiger partial charge in [0.25, 0.3) is 0 Å². The number of fused-ring (bicyclic) bond motifs is 4. The van der Waals surface area contributed by atoms with E-state index in [2.05, 4.69) is 275 Å². The zero-order chi connectivity index (χ0) is 50.2. The van der Waals surface area contributed by atoms with Crippen LogP contribution in [0.25, 0.3) is 33.4 Å². The first-order chi connectivity index (χ1) is 36.3. The van der Waals surface area contributed by atoms with Crippen LogP contribution in [0.2, 0.25) is 0 Å². The summed E-state index contributed by atoms with van der Waals surface area (Å²) in [5, 5.41) is 0. The van der Waals surface area contributed by atoms with Gasteiger partial charge >= 0.3 is 0 Å². The summed E-state index contributed by atoms with van der Waals surface area (Å²) >= 11 is 0. The van der Waals surface area contributed by atoms with Gasteiger partial charge in [-0.3, -0.25) is 0 Å². The van der Waals surface area contributed by atoms with Crippen molar-refractivity contribution in [1.29, 1.82) is 0 Å². The van der Waals surface area contributed by atoms with E-state index in [-0.39, 0.29) is 0 Å². The van der Waals surface area contributed by atoms with Gasteiger partial charge in [-0.1, -0.05) is 210 Å². The lowest BCUT2D eigenvalue weighted by atomic mass is 9.67. The molecule has 0 aliphatic heterocycles. The van der Waals surface area contributed by atoms with Gasteiger partial charge in [-0.05, 0) is 188 Å². The minimum Gasteiger partial charge on any atom is -0.457 e. The highest BCUT2D eigenvalue weighted by Gasteiger charge is 2.46. The van der Waals surface area contributed by atoms with Crippen LogP contribution < -0.4 is 9.64 Å². The van der Waals surface area contributed by atoms with Gasteiger partial charge in [0.1, 0.15) is 11.5 Å². The molecule has 2 heteroatoms.